The minimum absolute atomic E-state index is 0.252. The fourth-order valence-corrected chi connectivity index (χ4v) is 4.53. The molecule has 0 spiro atoms. The number of benzene rings is 3. The third-order valence-electron chi connectivity index (χ3n) is 6.22. The molecule has 3 aromatic carbocycles. The van der Waals surface area contributed by atoms with E-state index in [1.54, 1.807) is 6.07 Å². The highest BCUT2D eigenvalue weighted by Crippen LogP contribution is 2.35. The van der Waals surface area contributed by atoms with Crippen LogP contribution in [0.3, 0.4) is 0 Å². The van der Waals surface area contributed by atoms with E-state index < -0.39 is 11.6 Å². The van der Waals surface area contributed by atoms with Gasteiger partial charge in [0.25, 0.3) is 0 Å². The third-order valence-corrected chi connectivity index (χ3v) is 6.22. The summed E-state index contributed by atoms with van der Waals surface area (Å²) in [5.74, 6) is -1.14. The van der Waals surface area contributed by atoms with Gasteiger partial charge in [-0.1, -0.05) is 68.7 Å². The van der Waals surface area contributed by atoms with E-state index in [4.69, 9.17) is 0 Å². The van der Waals surface area contributed by atoms with Gasteiger partial charge in [0.1, 0.15) is 0 Å². The van der Waals surface area contributed by atoms with Crippen molar-refractivity contribution in [3.05, 3.63) is 82.4 Å². The van der Waals surface area contributed by atoms with Crippen LogP contribution in [-0.4, -0.2) is 0 Å². The molecule has 146 valence electrons. The van der Waals surface area contributed by atoms with Crippen LogP contribution in [0.1, 0.15) is 67.2 Å². The van der Waals surface area contributed by atoms with E-state index in [0.29, 0.717) is 12.0 Å². The Morgan fingerprint density at radius 1 is 0.893 bits per heavy atom. The molecule has 1 unspecified atom stereocenters. The van der Waals surface area contributed by atoms with E-state index >= 15 is 0 Å². The summed E-state index contributed by atoms with van der Waals surface area (Å²) in [6.07, 6.45) is 8.65. The van der Waals surface area contributed by atoms with E-state index in [1.165, 1.54) is 53.6 Å². The zero-order valence-electron chi connectivity index (χ0n) is 16.6. The van der Waals surface area contributed by atoms with Crippen molar-refractivity contribution in [1.29, 1.82) is 0 Å². The first kappa shape index (κ1) is 19.1. The summed E-state index contributed by atoms with van der Waals surface area (Å²) in [7, 11) is 0. The Hall–Kier alpha value is -2.22. The molecule has 3 aromatic rings. The summed E-state index contributed by atoms with van der Waals surface area (Å²) in [6.45, 7) is 2.24. The molecule has 0 aliphatic heterocycles. The number of hydrogen-bond acceptors (Lipinski definition) is 0. The summed E-state index contributed by atoms with van der Waals surface area (Å²) >= 11 is 0. The largest absolute Gasteiger partial charge is 0.204 e. The van der Waals surface area contributed by atoms with Crippen LogP contribution in [-0.2, 0) is 19.3 Å². The summed E-state index contributed by atoms with van der Waals surface area (Å²) in [5.41, 5.74) is 4.17. The van der Waals surface area contributed by atoms with Crippen LogP contribution in [0.5, 0.6) is 0 Å². The Morgan fingerprint density at radius 2 is 1.71 bits per heavy atom. The summed E-state index contributed by atoms with van der Waals surface area (Å²) in [5, 5.41) is 2.51. The number of hydrogen-bond donors (Lipinski definition) is 0. The number of rotatable bonds is 6. The molecule has 0 nitrogen and oxygen atoms in total. The lowest BCUT2D eigenvalue weighted by Gasteiger charge is -2.25. The predicted molar refractivity (Wildman–Crippen MR) is 113 cm³/mol. The zero-order chi connectivity index (χ0) is 19.5. The van der Waals surface area contributed by atoms with Crippen molar-refractivity contribution in [2.24, 2.45) is 0 Å². The quantitative estimate of drug-likeness (QED) is 0.389. The second-order valence-corrected chi connectivity index (χ2v) is 8.19. The highest BCUT2D eigenvalue weighted by atomic mass is 19.2. The molecule has 0 saturated heterocycles. The van der Waals surface area contributed by atoms with Crippen molar-refractivity contribution in [3.8, 4) is 0 Å². The Morgan fingerprint density at radius 3 is 2.57 bits per heavy atom. The number of fused-ring (bicyclic) bond motifs is 2. The normalized spacial score (nSPS) is 16.3. The first-order valence-corrected chi connectivity index (χ1v) is 10.6. The van der Waals surface area contributed by atoms with Crippen LogP contribution >= 0.6 is 0 Å². The van der Waals surface area contributed by atoms with Crippen molar-refractivity contribution in [2.75, 3.05) is 0 Å². The molecule has 0 heterocycles. The summed E-state index contributed by atoms with van der Waals surface area (Å²) in [6, 6.07) is 16.4. The standard InChI is InChI=1S/C26H28F2/c1-2-3-4-5-6-18-7-8-21-16-22(12-11-20(21)15-18)23-10-9-19-13-14-25(27)26(28)24(19)17-23/h7-8,11-16,23H,2-6,9-10,17H2,1H3. The predicted octanol–water partition coefficient (Wildman–Crippen LogP) is 7.51. The minimum Gasteiger partial charge on any atom is -0.204 e. The molecule has 0 N–H and O–H groups in total. The molecule has 0 amide bonds. The van der Waals surface area contributed by atoms with Crippen LogP contribution < -0.4 is 0 Å². The molecule has 2 heteroatoms. The van der Waals surface area contributed by atoms with Crippen LogP contribution in [0, 0.1) is 11.6 Å². The van der Waals surface area contributed by atoms with Gasteiger partial charge in [-0.2, -0.15) is 0 Å². The van der Waals surface area contributed by atoms with Gasteiger partial charge in [-0.15, -0.1) is 0 Å². The fraction of sp³-hybridized carbons (Fsp3) is 0.385. The fourth-order valence-electron chi connectivity index (χ4n) is 4.53. The average molecular weight is 379 g/mol. The molecule has 0 bridgehead atoms. The monoisotopic (exact) mass is 378 g/mol. The third kappa shape index (κ3) is 3.97. The molecule has 1 atom stereocenters. The SMILES string of the molecule is CCCCCCc1ccc2cc(C3CCc4ccc(F)c(F)c4C3)ccc2c1. The van der Waals surface area contributed by atoms with Crippen LogP contribution in [0.15, 0.2) is 48.5 Å². The van der Waals surface area contributed by atoms with Crippen molar-refractivity contribution in [3.63, 3.8) is 0 Å². The van der Waals surface area contributed by atoms with Crippen molar-refractivity contribution < 1.29 is 8.78 Å². The van der Waals surface area contributed by atoms with Gasteiger partial charge in [-0.05, 0) is 77.1 Å². The molecule has 1 aliphatic carbocycles. The molecule has 0 radical (unpaired) electrons. The Balaban J connectivity index is 1.52. The Labute approximate surface area is 166 Å². The lowest BCUT2D eigenvalue weighted by molar-refractivity contribution is 0.476. The summed E-state index contributed by atoms with van der Waals surface area (Å²) in [4.78, 5) is 0. The van der Waals surface area contributed by atoms with Crippen molar-refractivity contribution >= 4 is 10.8 Å². The van der Waals surface area contributed by atoms with Crippen LogP contribution in [0.2, 0.25) is 0 Å². The number of halogens is 2. The Bertz CT molecular complexity index is 974. The van der Waals surface area contributed by atoms with Gasteiger partial charge in [0.15, 0.2) is 11.6 Å². The highest BCUT2D eigenvalue weighted by Gasteiger charge is 2.24. The minimum atomic E-state index is -0.732. The maximum Gasteiger partial charge on any atom is 0.162 e. The van der Waals surface area contributed by atoms with Crippen molar-refractivity contribution in [2.45, 2.75) is 64.2 Å². The van der Waals surface area contributed by atoms with Gasteiger partial charge in [-0.3, -0.25) is 0 Å². The molecular formula is C26H28F2. The highest BCUT2D eigenvalue weighted by molar-refractivity contribution is 5.84. The van der Waals surface area contributed by atoms with Crippen LogP contribution in [0.4, 0.5) is 8.78 Å². The van der Waals surface area contributed by atoms with Crippen molar-refractivity contribution in [1.82, 2.24) is 0 Å². The van der Waals surface area contributed by atoms with Gasteiger partial charge >= 0.3 is 0 Å². The molecule has 0 saturated carbocycles. The van der Waals surface area contributed by atoms with E-state index in [1.807, 2.05) is 0 Å². The maximum atomic E-state index is 14.2. The molecule has 0 aromatic heterocycles. The molecule has 4 rings (SSSR count). The van der Waals surface area contributed by atoms with Gasteiger partial charge in [0.2, 0.25) is 0 Å². The number of unbranched alkanes of at least 4 members (excludes halogenated alkanes) is 3. The average Bonchev–Trinajstić information content (AvgIpc) is 2.73. The van der Waals surface area contributed by atoms with Gasteiger partial charge in [0, 0.05) is 0 Å². The lowest BCUT2D eigenvalue weighted by atomic mass is 9.79. The smallest absolute Gasteiger partial charge is 0.162 e. The molecular weight excluding hydrogens is 350 g/mol. The summed E-state index contributed by atoms with van der Waals surface area (Å²) < 4.78 is 27.9. The van der Waals surface area contributed by atoms with Crippen LogP contribution in [0.25, 0.3) is 10.8 Å². The topological polar surface area (TPSA) is 0 Å². The molecule has 1 aliphatic rings. The maximum absolute atomic E-state index is 14.2. The van der Waals surface area contributed by atoms with Gasteiger partial charge < -0.3 is 0 Å². The van der Waals surface area contributed by atoms with Gasteiger partial charge in [0.05, 0.1) is 0 Å². The Kier molecular flexibility index (Phi) is 5.75. The van der Waals surface area contributed by atoms with Gasteiger partial charge in [-0.25, -0.2) is 8.78 Å². The lowest BCUT2D eigenvalue weighted by Crippen LogP contribution is -2.15. The molecule has 28 heavy (non-hydrogen) atoms. The molecule has 0 fully saturated rings. The number of aryl methyl sites for hydroxylation is 2. The first-order chi connectivity index (χ1) is 13.7. The van der Waals surface area contributed by atoms with E-state index in [9.17, 15) is 8.78 Å². The first-order valence-electron chi connectivity index (χ1n) is 10.6. The van der Waals surface area contributed by atoms with E-state index in [2.05, 4.69) is 43.3 Å². The second kappa shape index (κ2) is 8.43. The van der Waals surface area contributed by atoms with E-state index in [0.717, 1.165) is 24.8 Å². The zero-order valence-corrected chi connectivity index (χ0v) is 16.6. The van der Waals surface area contributed by atoms with E-state index in [-0.39, 0.29) is 5.92 Å². The second-order valence-electron chi connectivity index (χ2n) is 8.19.